The maximum absolute atomic E-state index is 11.5. The van der Waals surface area contributed by atoms with Gasteiger partial charge in [-0.15, -0.1) is 0 Å². The first-order valence-corrected chi connectivity index (χ1v) is 8.04. The van der Waals surface area contributed by atoms with Gasteiger partial charge < -0.3 is 14.6 Å². The molecule has 0 radical (unpaired) electrons. The lowest BCUT2D eigenvalue weighted by Gasteiger charge is -2.28. The molecule has 0 atom stereocenters. The fourth-order valence-corrected chi connectivity index (χ4v) is 3.03. The van der Waals surface area contributed by atoms with E-state index >= 15 is 0 Å². The van der Waals surface area contributed by atoms with Crippen LogP contribution in [-0.2, 0) is 5.79 Å². The summed E-state index contributed by atoms with van der Waals surface area (Å²) in [4.78, 5) is 11.5. The molecule has 0 aliphatic carbocycles. The number of ether oxygens (including phenoxy) is 2. The number of rotatable bonds is 3. The summed E-state index contributed by atoms with van der Waals surface area (Å²) >= 11 is 5.54. The molecule has 3 aromatic rings. The second-order valence-corrected chi connectivity index (χ2v) is 5.99. The zero-order valence-electron chi connectivity index (χ0n) is 13.0. The predicted octanol–water partition coefficient (Wildman–Crippen LogP) is 4.44. The van der Waals surface area contributed by atoms with Crippen molar-refractivity contribution in [3.63, 3.8) is 0 Å². The lowest BCUT2D eigenvalue weighted by molar-refractivity contribution is -0.0467. The predicted molar refractivity (Wildman–Crippen MR) is 93.2 cm³/mol. The van der Waals surface area contributed by atoms with E-state index in [1.54, 1.807) is 0 Å². The third kappa shape index (κ3) is 2.51. The lowest BCUT2D eigenvalue weighted by Crippen LogP contribution is -2.36. The van der Waals surface area contributed by atoms with Gasteiger partial charge in [-0.3, -0.25) is 4.79 Å². The number of aromatic hydroxyl groups is 1. The van der Waals surface area contributed by atoms with Gasteiger partial charge in [0.25, 0.3) is 5.24 Å². The first kappa shape index (κ1) is 15.5. The highest BCUT2D eigenvalue weighted by molar-refractivity contribution is 6.67. The first-order chi connectivity index (χ1) is 12.1. The van der Waals surface area contributed by atoms with Crippen molar-refractivity contribution in [3.8, 4) is 17.2 Å². The molecule has 1 aliphatic heterocycles. The Balaban J connectivity index is 1.90. The van der Waals surface area contributed by atoms with Crippen LogP contribution in [0.5, 0.6) is 17.2 Å². The van der Waals surface area contributed by atoms with Gasteiger partial charge in [0.1, 0.15) is 0 Å². The van der Waals surface area contributed by atoms with Crippen LogP contribution in [0.1, 0.15) is 21.5 Å². The summed E-state index contributed by atoms with van der Waals surface area (Å²) in [7, 11) is 0. The van der Waals surface area contributed by atoms with Crippen LogP contribution in [0.3, 0.4) is 0 Å². The van der Waals surface area contributed by atoms with Crippen LogP contribution in [0.4, 0.5) is 0 Å². The molecule has 0 aromatic heterocycles. The van der Waals surface area contributed by atoms with E-state index in [4.69, 9.17) is 21.1 Å². The number of phenols is 1. The van der Waals surface area contributed by atoms with Crippen molar-refractivity contribution < 1.29 is 19.4 Å². The smallest absolute Gasteiger partial charge is 0.305 e. The Morgan fingerprint density at radius 2 is 1.44 bits per heavy atom. The SMILES string of the molecule is O=C(Cl)c1cc(O)c2c(c1)OC(c1ccccc1)(c1ccccc1)O2. The number of carbonyl (C=O) groups is 1. The van der Waals surface area contributed by atoms with Gasteiger partial charge in [0, 0.05) is 16.7 Å². The Hall–Kier alpha value is -2.98. The molecule has 3 aromatic carbocycles. The highest BCUT2D eigenvalue weighted by atomic mass is 35.5. The van der Waals surface area contributed by atoms with Crippen molar-refractivity contribution in [1.82, 2.24) is 0 Å². The maximum Gasteiger partial charge on any atom is 0.305 e. The lowest BCUT2D eigenvalue weighted by atomic mass is 9.97. The Labute approximate surface area is 149 Å². The van der Waals surface area contributed by atoms with Crippen molar-refractivity contribution in [2.75, 3.05) is 0 Å². The highest BCUT2D eigenvalue weighted by Gasteiger charge is 2.46. The number of benzene rings is 3. The van der Waals surface area contributed by atoms with Gasteiger partial charge in [0.2, 0.25) is 5.75 Å². The minimum absolute atomic E-state index is 0.137. The minimum Gasteiger partial charge on any atom is -0.504 e. The number of hydrogen-bond donors (Lipinski definition) is 1. The standard InChI is InChI=1S/C20H13ClO4/c21-19(23)13-11-16(22)18-17(12-13)24-20(25-18,14-7-3-1-4-8-14)15-9-5-2-6-10-15/h1-12,22H. The van der Waals surface area contributed by atoms with Gasteiger partial charge in [0.15, 0.2) is 11.5 Å². The van der Waals surface area contributed by atoms with E-state index in [0.717, 1.165) is 11.1 Å². The molecule has 0 spiro atoms. The van der Waals surface area contributed by atoms with E-state index in [9.17, 15) is 9.90 Å². The van der Waals surface area contributed by atoms with Crippen LogP contribution in [0.15, 0.2) is 72.8 Å². The van der Waals surface area contributed by atoms with Crippen LogP contribution >= 0.6 is 11.6 Å². The Kier molecular flexibility index (Phi) is 3.62. The molecule has 0 bridgehead atoms. The number of hydrogen-bond acceptors (Lipinski definition) is 4. The fourth-order valence-electron chi connectivity index (χ4n) is 2.92. The summed E-state index contributed by atoms with van der Waals surface area (Å²) in [5.74, 6) is -1.02. The topological polar surface area (TPSA) is 55.8 Å². The van der Waals surface area contributed by atoms with Crippen LogP contribution in [-0.4, -0.2) is 10.3 Å². The van der Waals surface area contributed by atoms with E-state index in [-0.39, 0.29) is 22.8 Å². The number of halogens is 1. The molecular formula is C20H13ClO4. The third-order valence-electron chi connectivity index (χ3n) is 4.07. The molecule has 4 rings (SSSR count). The minimum atomic E-state index is -1.25. The molecule has 4 nitrogen and oxygen atoms in total. The number of phenolic OH excluding ortho intramolecular Hbond substituents is 1. The van der Waals surface area contributed by atoms with Gasteiger partial charge in [-0.25, -0.2) is 0 Å². The van der Waals surface area contributed by atoms with Gasteiger partial charge in [-0.05, 0) is 23.7 Å². The third-order valence-corrected chi connectivity index (χ3v) is 4.29. The average Bonchev–Trinajstić information content (AvgIpc) is 3.05. The number of carbonyl (C=O) groups excluding carboxylic acids is 1. The van der Waals surface area contributed by atoms with Crippen LogP contribution in [0, 0.1) is 0 Å². The van der Waals surface area contributed by atoms with Gasteiger partial charge in [-0.1, -0.05) is 60.7 Å². The van der Waals surface area contributed by atoms with E-state index in [2.05, 4.69) is 0 Å². The summed E-state index contributed by atoms with van der Waals surface area (Å²) in [5.41, 5.74) is 1.66. The maximum atomic E-state index is 11.5. The van der Waals surface area contributed by atoms with Gasteiger partial charge >= 0.3 is 5.79 Å². The highest BCUT2D eigenvalue weighted by Crippen LogP contribution is 2.52. The molecule has 5 heteroatoms. The quantitative estimate of drug-likeness (QED) is 0.708. The molecule has 124 valence electrons. The van der Waals surface area contributed by atoms with Crippen molar-refractivity contribution in [2.45, 2.75) is 5.79 Å². The van der Waals surface area contributed by atoms with E-state index in [1.807, 2.05) is 60.7 Å². The van der Waals surface area contributed by atoms with Gasteiger partial charge in [-0.2, -0.15) is 0 Å². The molecule has 1 N–H and O–H groups in total. The second kappa shape index (κ2) is 5.83. The Morgan fingerprint density at radius 3 is 1.96 bits per heavy atom. The van der Waals surface area contributed by atoms with Crippen molar-refractivity contribution in [2.24, 2.45) is 0 Å². The molecule has 0 unspecified atom stereocenters. The monoisotopic (exact) mass is 352 g/mol. The zero-order valence-corrected chi connectivity index (χ0v) is 13.7. The second-order valence-electron chi connectivity index (χ2n) is 5.65. The number of fused-ring (bicyclic) bond motifs is 1. The summed E-state index contributed by atoms with van der Waals surface area (Å²) in [6, 6.07) is 21.6. The normalized spacial score (nSPS) is 14.3. The Bertz CT molecular complexity index is 899. The van der Waals surface area contributed by atoms with Crippen LogP contribution < -0.4 is 9.47 Å². The van der Waals surface area contributed by atoms with Crippen molar-refractivity contribution >= 4 is 16.8 Å². The molecule has 25 heavy (non-hydrogen) atoms. The largest absolute Gasteiger partial charge is 0.504 e. The average molecular weight is 353 g/mol. The zero-order chi connectivity index (χ0) is 17.4. The molecule has 1 aliphatic rings. The molecular weight excluding hydrogens is 340 g/mol. The first-order valence-electron chi connectivity index (χ1n) is 7.66. The summed E-state index contributed by atoms with van der Waals surface area (Å²) in [6.07, 6.45) is 0. The Morgan fingerprint density at radius 1 is 0.880 bits per heavy atom. The summed E-state index contributed by atoms with van der Waals surface area (Å²) in [5, 5.41) is 9.59. The molecule has 0 amide bonds. The van der Waals surface area contributed by atoms with Gasteiger partial charge in [0.05, 0.1) is 0 Å². The molecule has 1 heterocycles. The van der Waals surface area contributed by atoms with Crippen LogP contribution in [0.2, 0.25) is 0 Å². The molecule has 0 saturated carbocycles. The molecule has 0 saturated heterocycles. The van der Waals surface area contributed by atoms with Crippen molar-refractivity contribution in [1.29, 1.82) is 0 Å². The summed E-state index contributed by atoms with van der Waals surface area (Å²) in [6.45, 7) is 0. The summed E-state index contributed by atoms with van der Waals surface area (Å²) < 4.78 is 12.3. The van der Waals surface area contributed by atoms with Crippen LogP contribution in [0.25, 0.3) is 0 Å². The van der Waals surface area contributed by atoms with E-state index < -0.39 is 11.0 Å². The van der Waals surface area contributed by atoms with E-state index in [0.29, 0.717) is 0 Å². The van der Waals surface area contributed by atoms with Crippen molar-refractivity contribution in [3.05, 3.63) is 89.5 Å². The molecule has 0 fully saturated rings. The van der Waals surface area contributed by atoms with E-state index in [1.165, 1.54) is 12.1 Å². The fraction of sp³-hybridized carbons (Fsp3) is 0.0500.